The van der Waals surface area contributed by atoms with Gasteiger partial charge in [-0.05, 0) is 19.1 Å². The molecule has 0 aliphatic carbocycles. The minimum absolute atomic E-state index is 0.486. The Kier molecular flexibility index (Phi) is 2.31. The SMILES string of the molecule is CC1(c2ccc(Cl)cc2)OC(=O)C(O)=C1O. The Bertz CT molecular complexity index is 477. The lowest BCUT2D eigenvalue weighted by atomic mass is 9.94. The zero-order chi connectivity index (χ0) is 11.9. The highest BCUT2D eigenvalue weighted by atomic mass is 35.5. The molecule has 16 heavy (non-hydrogen) atoms. The van der Waals surface area contributed by atoms with E-state index in [4.69, 9.17) is 16.3 Å². The lowest BCUT2D eigenvalue weighted by Crippen LogP contribution is -2.25. The molecule has 1 heterocycles. The number of aliphatic hydroxyl groups is 2. The van der Waals surface area contributed by atoms with E-state index >= 15 is 0 Å². The van der Waals surface area contributed by atoms with E-state index in [1.165, 1.54) is 6.92 Å². The van der Waals surface area contributed by atoms with Gasteiger partial charge < -0.3 is 14.9 Å². The van der Waals surface area contributed by atoms with E-state index in [0.29, 0.717) is 10.6 Å². The molecule has 0 saturated heterocycles. The van der Waals surface area contributed by atoms with Crippen molar-refractivity contribution in [2.24, 2.45) is 0 Å². The first-order valence-corrected chi connectivity index (χ1v) is 4.95. The van der Waals surface area contributed by atoms with Gasteiger partial charge in [-0.15, -0.1) is 0 Å². The number of carbonyl (C=O) groups is 1. The summed E-state index contributed by atoms with van der Waals surface area (Å²) < 4.78 is 4.94. The summed E-state index contributed by atoms with van der Waals surface area (Å²) in [6, 6.07) is 6.45. The maximum atomic E-state index is 11.1. The average molecular weight is 241 g/mol. The Morgan fingerprint density at radius 3 is 2.25 bits per heavy atom. The lowest BCUT2D eigenvalue weighted by Gasteiger charge is -2.23. The minimum atomic E-state index is -1.34. The zero-order valence-electron chi connectivity index (χ0n) is 8.40. The van der Waals surface area contributed by atoms with Gasteiger partial charge in [-0.25, -0.2) is 4.79 Å². The number of hydrogen-bond acceptors (Lipinski definition) is 4. The number of aliphatic hydroxyl groups excluding tert-OH is 2. The Balaban J connectivity index is 2.49. The number of carbonyl (C=O) groups excluding carboxylic acids is 1. The van der Waals surface area contributed by atoms with E-state index in [1.807, 2.05) is 0 Å². The van der Waals surface area contributed by atoms with E-state index in [2.05, 4.69) is 0 Å². The number of rotatable bonds is 1. The predicted molar refractivity (Wildman–Crippen MR) is 57.2 cm³/mol. The largest absolute Gasteiger partial charge is 0.505 e. The fourth-order valence-corrected chi connectivity index (χ4v) is 1.69. The fourth-order valence-electron chi connectivity index (χ4n) is 1.57. The van der Waals surface area contributed by atoms with Crippen LogP contribution in [0.5, 0.6) is 0 Å². The number of cyclic esters (lactones) is 1. The van der Waals surface area contributed by atoms with Crippen molar-refractivity contribution in [1.82, 2.24) is 0 Å². The van der Waals surface area contributed by atoms with Crippen molar-refractivity contribution in [2.45, 2.75) is 12.5 Å². The standard InChI is InChI=1S/C11H9ClO4/c1-11(6-2-4-7(12)5-3-6)9(14)8(13)10(15)16-11/h2-5,13-14H,1H3. The topological polar surface area (TPSA) is 66.8 Å². The van der Waals surface area contributed by atoms with Crippen LogP contribution in [0, 0.1) is 0 Å². The van der Waals surface area contributed by atoms with Gasteiger partial charge in [0.1, 0.15) is 0 Å². The van der Waals surface area contributed by atoms with Crippen molar-refractivity contribution >= 4 is 17.6 Å². The zero-order valence-corrected chi connectivity index (χ0v) is 9.15. The highest BCUT2D eigenvalue weighted by Crippen LogP contribution is 2.38. The van der Waals surface area contributed by atoms with E-state index in [9.17, 15) is 15.0 Å². The Morgan fingerprint density at radius 1 is 1.25 bits per heavy atom. The van der Waals surface area contributed by atoms with Gasteiger partial charge in [-0.1, -0.05) is 23.7 Å². The molecule has 1 aromatic rings. The molecule has 4 nitrogen and oxygen atoms in total. The van der Waals surface area contributed by atoms with Crippen LogP contribution in [0.1, 0.15) is 12.5 Å². The molecular formula is C11H9ClO4. The highest BCUT2D eigenvalue weighted by Gasteiger charge is 2.46. The molecule has 1 aromatic carbocycles. The summed E-state index contributed by atoms with van der Waals surface area (Å²) in [4.78, 5) is 11.1. The van der Waals surface area contributed by atoms with Crippen LogP contribution in [-0.4, -0.2) is 16.2 Å². The number of benzene rings is 1. The number of halogens is 1. The van der Waals surface area contributed by atoms with E-state index in [0.717, 1.165) is 0 Å². The molecule has 1 aliphatic rings. The summed E-state index contributed by atoms with van der Waals surface area (Å²) in [6.45, 7) is 1.49. The third-order valence-corrected chi connectivity index (χ3v) is 2.81. The van der Waals surface area contributed by atoms with Crippen molar-refractivity contribution in [3.05, 3.63) is 46.4 Å². The van der Waals surface area contributed by atoms with Gasteiger partial charge in [0.05, 0.1) is 0 Å². The van der Waals surface area contributed by atoms with Gasteiger partial charge >= 0.3 is 5.97 Å². The van der Waals surface area contributed by atoms with Crippen LogP contribution in [0.25, 0.3) is 0 Å². The first-order valence-electron chi connectivity index (χ1n) is 4.57. The highest BCUT2D eigenvalue weighted by molar-refractivity contribution is 6.30. The molecule has 2 rings (SSSR count). The summed E-state index contributed by atoms with van der Waals surface area (Å²) in [5.74, 6) is -2.17. The molecule has 0 saturated carbocycles. The van der Waals surface area contributed by atoms with Gasteiger partial charge in [0.25, 0.3) is 0 Å². The minimum Gasteiger partial charge on any atom is -0.505 e. The summed E-state index contributed by atoms with van der Waals surface area (Å²) in [6.07, 6.45) is 0. The third-order valence-electron chi connectivity index (χ3n) is 2.56. The first kappa shape index (κ1) is 10.8. The van der Waals surface area contributed by atoms with Crippen LogP contribution < -0.4 is 0 Å². The monoisotopic (exact) mass is 240 g/mol. The normalized spacial score (nSPS) is 24.8. The molecule has 1 aliphatic heterocycles. The lowest BCUT2D eigenvalue weighted by molar-refractivity contribution is -0.149. The van der Waals surface area contributed by atoms with E-state index in [-0.39, 0.29) is 0 Å². The molecule has 5 heteroatoms. The molecule has 1 atom stereocenters. The molecule has 0 aromatic heterocycles. The Labute approximate surface area is 96.7 Å². The maximum Gasteiger partial charge on any atom is 0.378 e. The van der Waals surface area contributed by atoms with Crippen LogP contribution in [0.3, 0.4) is 0 Å². The van der Waals surface area contributed by atoms with Gasteiger partial charge in [-0.2, -0.15) is 0 Å². The molecule has 84 valence electrons. The summed E-state index contributed by atoms with van der Waals surface area (Å²) in [5.41, 5.74) is -0.807. The molecule has 0 radical (unpaired) electrons. The van der Waals surface area contributed by atoms with Crippen LogP contribution in [0.15, 0.2) is 35.8 Å². The molecule has 0 bridgehead atoms. The molecule has 0 amide bonds. The van der Waals surface area contributed by atoms with Gasteiger partial charge in [0.2, 0.25) is 5.76 Å². The van der Waals surface area contributed by atoms with Crippen molar-refractivity contribution in [3.63, 3.8) is 0 Å². The second-order valence-electron chi connectivity index (χ2n) is 3.63. The Morgan fingerprint density at radius 2 is 1.81 bits per heavy atom. The van der Waals surface area contributed by atoms with Gasteiger partial charge in [0.15, 0.2) is 11.4 Å². The van der Waals surface area contributed by atoms with Crippen molar-refractivity contribution in [3.8, 4) is 0 Å². The van der Waals surface area contributed by atoms with Crippen molar-refractivity contribution < 1.29 is 19.7 Å². The van der Waals surface area contributed by atoms with Crippen molar-refractivity contribution in [2.75, 3.05) is 0 Å². The van der Waals surface area contributed by atoms with Gasteiger partial charge in [-0.3, -0.25) is 0 Å². The number of esters is 1. The summed E-state index contributed by atoms with van der Waals surface area (Å²) in [5, 5.41) is 19.4. The Hall–Kier alpha value is -1.68. The maximum absolute atomic E-state index is 11.1. The second-order valence-corrected chi connectivity index (χ2v) is 4.06. The smallest absolute Gasteiger partial charge is 0.378 e. The van der Waals surface area contributed by atoms with Crippen LogP contribution >= 0.6 is 11.6 Å². The predicted octanol–water partition coefficient (Wildman–Crippen LogP) is 2.44. The summed E-state index contributed by atoms with van der Waals surface area (Å²) >= 11 is 5.73. The molecule has 1 unspecified atom stereocenters. The third kappa shape index (κ3) is 1.42. The van der Waals surface area contributed by atoms with Crippen LogP contribution in [-0.2, 0) is 15.1 Å². The second kappa shape index (κ2) is 3.42. The van der Waals surface area contributed by atoms with Crippen LogP contribution in [0.4, 0.5) is 0 Å². The summed E-state index contributed by atoms with van der Waals surface area (Å²) in [7, 11) is 0. The van der Waals surface area contributed by atoms with E-state index < -0.39 is 23.1 Å². The van der Waals surface area contributed by atoms with E-state index in [1.54, 1.807) is 24.3 Å². The molecule has 0 fully saturated rings. The average Bonchev–Trinajstić information content (AvgIpc) is 2.45. The quantitative estimate of drug-likeness (QED) is 0.740. The molecular weight excluding hydrogens is 232 g/mol. The van der Waals surface area contributed by atoms with Crippen LogP contribution in [0.2, 0.25) is 5.02 Å². The van der Waals surface area contributed by atoms with Crippen molar-refractivity contribution in [1.29, 1.82) is 0 Å². The molecule has 2 N–H and O–H groups in total. The number of ether oxygens (including phenoxy) is 1. The number of hydrogen-bond donors (Lipinski definition) is 2. The molecule has 0 spiro atoms. The first-order chi connectivity index (χ1) is 7.45. The fraction of sp³-hybridized carbons (Fsp3) is 0.182. The van der Waals surface area contributed by atoms with Gasteiger partial charge in [0, 0.05) is 10.6 Å².